The number of hydrogen-bond acceptors (Lipinski definition) is 4. The van der Waals surface area contributed by atoms with Crippen LogP contribution >= 0.6 is 0 Å². The predicted octanol–water partition coefficient (Wildman–Crippen LogP) is 1.87. The average molecular weight is 352 g/mol. The topological polar surface area (TPSA) is 75.7 Å². The minimum atomic E-state index is -3.63. The lowest BCUT2D eigenvalue weighted by Crippen LogP contribution is -2.38. The predicted molar refractivity (Wildman–Crippen MR) is 93.3 cm³/mol. The van der Waals surface area contributed by atoms with Crippen LogP contribution in [0.1, 0.15) is 25.3 Å². The van der Waals surface area contributed by atoms with Gasteiger partial charge in [-0.05, 0) is 49.6 Å². The number of nitrogens with zero attached hydrogens (tertiary/aromatic N) is 1. The lowest BCUT2D eigenvalue weighted by molar-refractivity contribution is -0.127. The molecule has 132 valence electrons. The molecule has 1 fully saturated rings. The van der Waals surface area contributed by atoms with Gasteiger partial charge in [0.2, 0.25) is 15.9 Å². The Hall–Kier alpha value is -1.86. The zero-order chi connectivity index (χ0) is 17.7. The molecule has 0 aliphatic carbocycles. The van der Waals surface area contributed by atoms with E-state index >= 15 is 0 Å². The third-order valence-corrected chi connectivity index (χ3v) is 5.57. The summed E-state index contributed by atoms with van der Waals surface area (Å²) in [6.07, 6.45) is 5.30. The van der Waals surface area contributed by atoms with E-state index in [1.165, 1.54) is 26.3 Å². The fourth-order valence-electron chi connectivity index (χ4n) is 2.78. The Kier molecular flexibility index (Phi) is 6.01. The van der Waals surface area contributed by atoms with Gasteiger partial charge in [-0.15, -0.1) is 0 Å². The van der Waals surface area contributed by atoms with Gasteiger partial charge in [0.1, 0.15) is 10.6 Å². The summed E-state index contributed by atoms with van der Waals surface area (Å²) in [6, 6.07) is 4.79. The van der Waals surface area contributed by atoms with Crippen molar-refractivity contribution in [2.75, 3.05) is 27.2 Å². The number of methoxy groups -OCH3 is 1. The van der Waals surface area contributed by atoms with E-state index < -0.39 is 10.0 Å². The highest BCUT2D eigenvalue weighted by Gasteiger charge is 2.20. The molecule has 1 unspecified atom stereocenters. The SMILES string of the molecule is CNS(=O)(=O)c1cc(/C=C/C(=O)N2CCCC(C)C2)ccc1OC. The first-order chi connectivity index (χ1) is 11.4. The molecule has 1 aliphatic rings. The summed E-state index contributed by atoms with van der Waals surface area (Å²) in [4.78, 5) is 14.1. The molecule has 0 aromatic heterocycles. The Balaban J connectivity index is 2.20. The normalized spacial score (nSPS) is 18.8. The Labute approximate surface area is 143 Å². The van der Waals surface area contributed by atoms with Crippen LogP contribution in [-0.4, -0.2) is 46.5 Å². The van der Waals surface area contributed by atoms with Gasteiger partial charge in [0.25, 0.3) is 0 Å². The van der Waals surface area contributed by atoms with Crippen LogP contribution in [0.3, 0.4) is 0 Å². The van der Waals surface area contributed by atoms with Crippen molar-refractivity contribution >= 4 is 22.0 Å². The first-order valence-electron chi connectivity index (χ1n) is 7.96. The quantitative estimate of drug-likeness (QED) is 0.821. The minimum Gasteiger partial charge on any atom is -0.495 e. The highest BCUT2D eigenvalue weighted by Crippen LogP contribution is 2.25. The van der Waals surface area contributed by atoms with E-state index in [4.69, 9.17) is 4.74 Å². The standard InChI is InChI=1S/C17H24N2O4S/c1-13-5-4-10-19(12-13)17(20)9-7-14-6-8-15(23-3)16(11-14)24(21,22)18-2/h6-9,11,13,18H,4-5,10,12H2,1-3H3/b9-7+. The Morgan fingerprint density at radius 3 is 2.79 bits per heavy atom. The summed E-state index contributed by atoms with van der Waals surface area (Å²) < 4.78 is 31.5. The number of benzene rings is 1. The van der Waals surface area contributed by atoms with Crippen molar-refractivity contribution in [3.05, 3.63) is 29.8 Å². The molecule has 1 amide bonds. The summed E-state index contributed by atoms with van der Waals surface area (Å²) in [5.74, 6) is 0.734. The van der Waals surface area contributed by atoms with E-state index in [0.29, 0.717) is 11.5 Å². The molecule has 0 radical (unpaired) electrons. The maximum atomic E-state index is 12.3. The van der Waals surface area contributed by atoms with E-state index in [-0.39, 0.29) is 16.6 Å². The highest BCUT2D eigenvalue weighted by atomic mass is 32.2. The second-order valence-corrected chi connectivity index (χ2v) is 7.84. The molecule has 6 nitrogen and oxygen atoms in total. The monoisotopic (exact) mass is 352 g/mol. The second-order valence-electron chi connectivity index (χ2n) is 5.98. The Bertz CT molecular complexity index is 728. The molecule has 1 atom stereocenters. The molecule has 1 saturated heterocycles. The van der Waals surface area contributed by atoms with Crippen LogP contribution in [0.25, 0.3) is 6.08 Å². The zero-order valence-electron chi connectivity index (χ0n) is 14.3. The summed E-state index contributed by atoms with van der Waals surface area (Å²) >= 11 is 0. The van der Waals surface area contributed by atoms with Gasteiger partial charge in [-0.1, -0.05) is 13.0 Å². The maximum absolute atomic E-state index is 12.3. The summed E-state index contributed by atoms with van der Waals surface area (Å²) in [6.45, 7) is 3.68. The van der Waals surface area contributed by atoms with Crippen LogP contribution in [0.2, 0.25) is 0 Å². The molecule has 1 aliphatic heterocycles. The van der Waals surface area contributed by atoms with Crippen molar-refractivity contribution in [3.8, 4) is 5.75 Å². The third kappa shape index (κ3) is 4.36. The maximum Gasteiger partial charge on any atom is 0.246 e. The lowest BCUT2D eigenvalue weighted by atomic mass is 10.0. The number of piperidine rings is 1. The van der Waals surface area contributed by atoms with Crippen molar-refractivity contribution in [1.82, 2.24) is 9.62 Å². The van der Waals surface area contributed by atoms with E-state index in [1.807, 2.05) is 4.90 Å². The fourth-order valence-corrected chi connectivity index (χ4v) is 3.71. The van der Waals surface area contributed by atoms with Crippen LogP contribution < -0.4 is 9.46 Å². The molecule has 0 bridgehead atoms. The van der Waals surface area contributed by atoms with Crippen LogP contribution in [0, 0.1) is 5.92 Å². The van der Waals surface area contributed by atoms with Crippen molar-refractivity contribution in [2.24, 2.45) is 5.92 Å². The van der Waals surface area contributed by atoms with Gasteiger partial charge in [0, 0.05) is 19.2 Å². The summed E-state index contributed by atoms with van der Waals surface area (Å²) in [5.41, 5.74) is 0.628. The number of carbonyl (C=O) groups excluding carboxylic acids is 1. The average Bonchev–Trinajstić information content (AvgIpc) is 2.59. The first-order valence-corrected chi connectivity index (χ1v) is 9.44. The van der Waals surface area contributed by atoms with Gasteiger partial charge < -0.3 is 9.64 Å². The fraction of sp³-hybridized carbons (Fsp3) is 0.471. The number of nitrogens with one attached hydrogen (secondary N) is 1. The Morgan fingerprint density at radius 2 is 2.17 bits per heavy atom. The van der Waals surface area contributed by atoms with E-state index in [2.05, 4.69) is 11.6 Å². The van der Waals surface area contributed by atoms with Gasteiger partial charge in [-0.2, -0.15) is 0 Å². The smallest absolute Gasteiger partial charge is 0.246 e. The van der Waals surface area contributed by atoms with Gasteiger partial charge in [-0.25, -0.2) is 13.1 Å². The molecule has 1 aromatic rings. The molecule has 0 saturated carbocycles. The molecular formula is C17H24N2O4S. The number of rotatable bonds is 5. The van der Waals surface area contributed by atoms with Crippen LogP contribution in [0.4, 0.5) is 0 Å². The Morgan fingerprint density at radius 1 is 1.42 bits per heavy atom. The van der Waals surface area contributed by atoms with Gasteiger partial charge in [0.05, 0.1) is 7.11 Å². The molecule has 1 aromatic carbocycles. The summed E-state index contributed by atoms with van der Waals surface area (Å²) in [5, 5.41) is 0. The van der Waals surface area contributed by atoms with Crippen LogP contribution in [-0.2, 0) is 14.8 Å². The van der Waals surface area contributed by atoms with E-state index in [9.17, 15) is 13.2 Å². The number of amides is 1. The van der Waals surface area contributed by atoms with E-state index in [1.54, 1.807) is 18.2 Å². The van der Waals surface area contributed by atoms with Gasteiger partial charge in [-0.3, -0.25) is 4.79 Å². The van der Waals surface area contributed by atoms with Gasteiger partial charge >= 0.3 is 0 Å². The van der Waals surface area contributed by atoms with Crippen molar-refractivity contribution in [3.63, 3.8) is 0 Å². The van der Waals surface area contributed by atoms with Gasteiger partial charge in [0.15, 0.2) is 0 Å². The molecule has 1 N–H and O–H groups in total. The molecule has 24 heavy (non-hydrogen) atoms. The van der Waals surface area contributed by atoms with Crippen LogP contribution in [0.15, 0.2) is 29.2 Å². The third-order valence-electron chi connectivity index (χ3n) is 4.13. The molecule has 7 heteroatoms. The van der Waals surface area contributed by atoms with Crippen LogP contribution in [0.5, 0.6) is 5.75 Å². The van der Waals surface area contributed by atoms with Crippen molar-refractivity contribution in [1.29, 1.82) is 0 Å². The molecule has 0 spiro atoms. The second kappa shape index (κ2) is 7.81. The molecular weight excluding hydrogens is 328 g/mol. The number of ether oxygens (including phenoxy) is 1. The number of sulfonamides is 1. The first kappa shape index (κ1) is 18.5. The number of likely N-dealkylation sites (tertiary alicyclic amines) is 1. The zero-order valence-corrected chi connectivity index (χ0v) is 15.1. The number of hydrogen-bond donors (Lipinski definition) is 1. The summed E-state index contributed by atoms with van der Waals surface area (Å²) in [7, 11) is -0.871. The highest BCUT2D eigenvalue weighted by molar-refractivity contribution is 7.89. The minimum absolute atomic E-state index is 0.0459. The largest absolute Gasteiger partial charge is 0.495 e. The van der Waals surface area contributed by atoms with E-state index in [0.717, 1.165) is 25.9 Å². The molecule has 2 rings (SSSR count). The molecule has 1 heterocycles. The lowest BCUT2D eigenvalue weighted by Gasteiger charge is -2.30. The van der Waals surface area contributed by atoms with Crippen molar-refractivity contribution < 1.29 is 17.9 Å². The van der Waals surface area contributed by atoms with Crippen molar-refractivity contribution in [2.45, 2.75) is 24.7 Å². The number of carbonyl (C=O) groups is 1.